The van der Waals surface area contributed by atoms with Gasteiger partial charge in [-0.2, -0.15) is 5.10 Å². The molecule has 0 saturated carbocycles. The molecule has 2 aliphatic heterocycles. The second kappa shape index (κ2) is 6.41. The zero-order valence-corrected chi connectivity index (χ0v) is 15.2. The summed E-state index contributed by atoms with van der Waals surface area (Å²) in [6, 6.07) is 1.63. The Bertz CT molecular complexity index is 780. The maximum Gasteiger partial charge on any atom is 0.272 e. The minimum Gasteiger partial charge on any atom is -0.383 e. The summed E-state index contributed by atoms with van der Waals surface area (Å²) in [4.78, 5) is 26.6. The van der Waals surface area contributed by atoms with Crippen LogP contribution in [-0.2, 0) is 26.4 Å². The van der Waals surface area contributed by atoms with Crippen molar-refractivity contribution in [2.45, 2.75) is 17.7 Å². The predicted molar refractivity (Wildman–Crippen MR) is 88.5 cm³/mol. The highest BCUT2D eigenvalue weighted by molar-refractivity contribution is 7.93. The van der Waals surface area contributed by atoms with E-state index in [2.05, 4.69) is 5.10 Å². The van der Waals surface area contributed by atoms with Crippen molar-refractivity contribution in [1.29, 1.82) is 0 Å². The summed E-state index contributed by atoms with van der Waals surface area (Å²) in [6.45, 7) is 1.07. The van der Waals surface area contributed by atoms with Gasteiger partial charge in [-0.1, -0.05) is 0 Å². The highest BCUT2D eigenvalue weighted by Gasteiger charge is 2.58. The number of carbonyl (C=O) groups excluding carboxylic acids is 2. The fourth-order valence-electron chi connectivity index (χ4n) is 3.67. The Morgan fingerprint density at radius 2 is 2.04 bits per heavy atom. The van der Waals surface area contributed by atoms with Crippen molar-refractivity contribution in [3.63, 3.8) is 0 Å². The third kappa shape index (κ3) is 2.82. The van der Waals surface area contributed by atoms with E-state index in [1.54, 1.807) is 24.2 Å². The molecule has 1 aromatic heterocycles. The quantitative estimate of drug-likeness (QED) is 0.692. The number of amides is 2. The topological polar surface area (TPSA) is 102 Å². The predicted octanol–water partition coefficient (Wildman–Crippen LogP) is -0.744. The molecule has 2 fully saturated rings. The molecule has 0 aliphatic carbocycles. The van der Waals surface area contributed by atoms with E-state index in [1.807, 2.05) is 0 Å². The summed E-state index contributed by atoms with van der Waals surface area (Å²) < 4.78 is 31.8. The third-order valence-corrected chi connectivity index (χ3v) is 7.49. The Morgan fingerprint density at radius 1 is 1.36 bits per heavy atom. The van der Waals surface area contributed by atoms with Gasteiger partial charge in [-0.05, 0) is 6.07 Å². The monoisotopic (exact) mass is 370 g/mol. The van der Waals surface area contributed by atoms with E-state index >= 15 is 0 Å². The Labute approximate surface area is 146 Å². The fourth-order valence-corrected chi connectivity index (χ4v) is 5.75. The summed E-state index contributed by atoms with van der Waals surface area (Å²) in [5.74, 6) is -1.03. The normalized spacial score (nSPS) is 21.9. The van der Waals surface area contributed by atoms with Gasteiger partial charge in [0.15, 0.2) is 9.84 Å². The number of ether oxygens (including phenoxy) is 1. The minimum absolute atomic E-state index is 0.181. The van der Waals surface area contributed by atoms with Crippen molar-refractivity contribution in [2.24, 2.45) is 7.05 Å². The molecule has 0 radical (unpaired) electrons. The van der Waals surface area contributed by atoms with Gasteiger partial charge < -0.3 is 14.5 Å². The molecule has 0 N–H and O–H groups in total. The molecule has 0 aromatic carbocycles. The highest BCUT2D eigenvalue weighted by atomic mass is 32.2. The lowest BCUT2D eigenvalue weighted by Gasteiger charge is -2.43. The lowest BCUT2D eigenvalue weighted by molar-refractivity contribution is -0.131. The number of aryl methyl sites for hydroxylation is 1. The van der Waals surface area contributed by atoms with Gasteiger partial charge in [-0.15, -0.1) is 0 Å². The molecule has 0 bridgehead atoms. The van der Waals surface area contributed by atoms with Crippen molar-refractivity contribution in [3.05, 3.63) is 18.0 Å². The van der Waals surface area contributed by atoms with Crippen LogP contribution in [0.2, 0.25) is 0 Å². The maximum atomic E-state index is 12.7. The summed E-state index contributed by atoms with van der Waals surface area (Å²) in [6.07, 6.45) is 1.98. The molecule has 1 aromatic rings. The molecular formula is C15H22N4O5S. The van der Waals surface area contributed by atoms with Gasteiger partial charge in [0.2, 0.25) is 5.91 Å². The van der Waals surface area contributed by atoms with E-state index in [1.165, 1.54) is 16.7 Å². The number of piperidine rings is 1. The minimum atomic E-state index is -3.58. The van der Waals surface area contributed by atoms with Crippen LogP contribution in [0.5, 0.6) is 0 Å². The maximum absolute atomic E-state index is 12.7. The van der Waals surface area contributed by atoms with Crippen molar-refractivity contribution >= 4 is 21.7 Å². The van der Waals surface area contributed by atoms with Gasteiger partial charge in [0.25, 0.3) is 5.91 Å². The lowest BCUT2D eigenvalue weighted by Crippen LogP contribution is -2.57. The van der Waals surface area contributed by atoms with Crippen LogP contribution >= 0.6 is 0 Å². The molecule has 25 heavy (non-hydrogen) atoms. The molecule has 0 unspecified atom stereocenters. The average Bonchev–Trinajstić information content (AvgIpc) is 3.06. The summed E-state index contributed by atoms with van der Waals surface area (Å²) in [7, 11) is -0.388. The summed E-state index contributed by atoms with van der Waals surface area (Å²) >= 11 is 0. The van der Waals surface area contributed by atoms with Crippen LogP contribution in [0, 0.1) is 0 Å². The van der Waals surface area contributed by atoms with Crippen LogP contribution in [0.25, 0.3) is 0 Å². The lowest BCUT2D eigenvalue weighted by atomic mass is 10.0. The van der Waals surface area contributed by atoms with Gasteiger partial charge in [-0.25, -0.2) is 8.42 Å². The molecule has 3 heterocycles. The van der Waals surface area contributed by atoms with Crippen LogP contribution in [0.15, 0.2) is 12.3 Å². The molecule has 3 rings (SSSR count). The number of likely N-dealkylation sites (tertiary alicyclic amines) is 1. The zero-order chi connectivity index (χ0) is 18.2. The summed E-state index contributed by atoms with van der Waals surface area (Å²) in [5.41, 5.74) is 0.456. The number of sulfone groups is 1. The number of hydrogen-bond donors (Lipinski definition) is 0. The van der Waals surface area contributed by atoms with E-state index < -0.39 is 20.5 Å². The number of carbonyl (C=O) groups is 2. The molecule has 10 heteroatoms. The van der Waals surface area contributed by atoms with E-state index in [4.69, 9.17) is 4.74 Å². The molecule has 0 atom stereocenters. The van der Waals surface area contributed by atoms with Crippen LogP contribution < -0.4 is 0 Å². The van der Waals surface area contributed by atoms with Crippen LogP contribution in [0.1, 0.15) is 23.3 Å². The van der Waals surface area contributed by atoms with Crippen molar-refractivity contribution in [2.75, 3.05) is 39.1 Å². The van der Waals surface area contributed by atoms with Crippen molar-refractivity contribution in [1.82, 2.24) is 19.6 Å². The number of aromatic nitrogens is 2. The third-order valence-electron chi connectivity index (χ3n) is 5.08. The highest BCUT2D eigenvalue weighted by Crippen LogP contribution is 2.39. The Morgan fingerprint density at radius 3 is 2.60 bits per heavy atom. The van der Waals surface area contributed by atoms with Gasteiger partial charge in [0.05, 0.1) is 6.61 Å². The number of hydrogen-bond acceptors (Lipinski definition) is 6. The van der Waals surface area contributed by atoms with E-state index in [0.717, 1.165) is 0 Å². The van der Waals surface area contributed by atoms with E-state index in [0.29, 0.717) is 5.69 Å². The van der Waals surface area contributed by atoms with Crippen molar-refractivity contribution in [3.8, 4) is 0 Å². The van der Waals surface area contributed by atoms with E-state index in [9.17, 15) is 18.0 Å². The molecule has 2 saturated heterocycles. The first-order valence-electron chi connectivity index (χ1n) is 8.11. The first-order chi connectivity index (χ1) is 11.8. The molecule has 2 amide bonds. The molecule has 1 spiro atoms. The van der Waals surface area contributed by atoms with Crippen LogP contribution in [-0.4, -0.2) is 83.8 Å². The summed E-state index contributed by atoms with van der Waals surface area (Å²) in [5, 5.41) is 3.99. The van der Waals surface area contributed by atoms with Crippen LogP contribution in [0.3, 0.4) is 0 Å². The smallest absolute Gasteiger partial charge is 0.272 e. The SMILES string of the molecule is COCCN1C(=O)CS(=O)(=O)C12CCN(C(=O)c1ccnn1C)CC2. The molecular weight excluding hydrogens is 348 g/mol. The first kappa shape index (κ1) is 17.9. The molecule has 9 nitrogen and oxygen atoms in total. The number of methoxy groups -OCH3 is 1. The van der Waals surface area contributed by atoms with Gasteiger partial charge in [-0.3, -0.25) is 14.3 Å². The van der Waals surface area contributed by atoms with Crippen molar-refractivity contribution < 1.29 is 22.7 Å². The first-order valence-corrected chi connectivity index (χ1v) is 9.76. The molecule has 138 valence electrons. The molecule has 2 aliphatic rings. The Balaban J connectivity index is 1.79. The Hall–Kier alpha value is -1.94. The van der Waals surface area contributed by atoms with Gasteiger partial charge >= 0.3 is 0 Å². The fraction of sp³-hybridized carbons (Fsp3) is 0.667. The van der Waals surface area contributed by atoms with Gasteiger partial charge in [0.1, 0.15) is 16.3 Å². The van der Waals surface area contributed by atoms with Crippen LogP contribution in [0.4, 0.5) is 0 Å². The number of nitrogens with zero attached hydrogens (tertiary/aromatic N) is 4. The second-order valence-corrected chi connectivity index (χ2v) is 8.65. The standard InChI is InChI=1S/C15H22N4O5S/c1-17-12(3-6-16-17)14(21)18-7-4-15(5-8-18)19(9-10-24-2)13(20)11-25(15,22)23/h3,6H,4-5,7-11H2,1-2H3. The zero-order valence-electron chi connectivity index (χ0n) is 14.3. The second-order valence-electron chi connectivity index (χ2n) is 6.38. The van der Waals surface area contributed by atoms with E-state index in [-0.39, 0.29) is 50.9 Å². The Kier molecular flexibility index (Phi) is 4.58. The average molecular weight is 370 g/mol. The van der Waals surface area contributed by atoms with Gasteiger partial charge in [0, 0.05) is 52.8 Å². The number of rotatable bonds is 4. The largest absolute Gasteiger partial charge is 0.383 e.